The smallest absolute Gasteiger partial charge is 0.234 e. The molecule has 0 spiro atoms. The van der Waals surface area contributed by atoms with Gasteiger partial charge in [-0.2, -0.15) is 0 Å². The van der Waals surface area contributed by atoms with Crippen LogP contribution >= 0.6 is 0 Å². The number of rotatable bonds is 2. The maximum Gasteiger partial charge on any atom is 0.234 e. The first-order valence-electron chi connectivity index (χ1n) is 7.22. The predicted octanol–water partition coefficient (Wildman–Crippen LogP) is 0.434. The van der Waals surface area contributed by atoms with E-state index in [4.69, 9.17) is 5.11 Å². The minimum Gasteiger partial charge on any atom is -0.395 e. The van der Waals surface area contributed by atoms with Gasteiger partial charge in [-0.15, -0.1) is 0 Å². The van der Waals surface area contributed by atoms with Crippen LogP contribution in [0.4, 0.5) is 0 Å². The van der Waals surface area contributed by atoms with Gasteiger partial charge in [-0.25, -0.2) is 0 Å². The first kappa shape index (κ1) is 12.7. The van der Waals surface area contributed by atoms with Crippen molar-refractivity contribution in [1.82, 2.24) is 4.90 Å². The van der Waals surface area contributed by atoms with Crippen LogP contribution < -0.4 is 0 Å². The van der Waals surface area contributed by atoms with E-state index < -0.39 is 17.8 Å². The molecule has 1 aromatic carbocycles. The van der Waals surface area contributed by atoms with Gasteiger partial charge in [0, 0.05) is 12.3 Å². The Morgan fingerprint density at radius 2 is 1.71 bits per heavy atom. The number of aliphatic hydroxyl groups excluding tert-OH is 1. The van der Waals surface area contributed by atoms with E-state index in [-0.39, 0.29) is 36.7 Å². The molecular weight excluding hydrogens is 270 g/mol. The number of β-amino-alcohol motifs (C(OH)–C–C–N with tert-alkyl or cyclic N) is 1. The lowest BCUT2D eigenvalue weighted by atomic mass is 9.56. The highest BCUT2D eigenvalue weighted by Crippen LogP contribution is 2.57. The highest BCUT2D eigenvalue weighted by Gasteiger charge is 2.62. The van der Waals surface area contributed by atoms with E-state index in [1.54, 1.807) is 0 Å². The topological polar surface area (TPSA) is 74.7 Å². The zero-order chi connectivity index (χ0) is 14.7. The number of amides is 2. The summed E-state index contributed by atoms with van der Waals surface area (Å²) in [5.74, 6) is -2.13. The Morgan fingerprint density at radius 1 is 1.05 bits per heavy atom. The van der Waals surface area contributed by atoms with Crippen molar-refractivity contribution in [3.63, 3.8) is 0 Å². The molecular formula is C16H15NO4. The van der Waals surface area contributed by atoms with Crippen molar-refractivity contribution in [2.45, 2.75) is 18.3 Å². The third-order valence-electron chi connectivity index (χ3n) is 5.10. The highest BCUT2D eigenvalue weighted by atomic mass is 16.3. The molecule has 4 aliphatic rings. The van der Waals surface area contributed by atoms with Crippen LogP contribution in [0, 0.1) is 11.8 Å². The number of aliphatic hydroxyl groups is 1. The van der Waals surface area contributed by atoms with Gasteiger partial charge >= 0.3 is 0 Å². The number of carbonyl (C=O) groups is 3. The Morgan fingerprint density at radius 3 is 2.43 bits per heavy atom. The van der Waals surface area contributed by atoms with Gasteiger partial charge in [-0.3, -0.25) is 19.3 Å². The zero-order valence-electron chi connectivity index (χ0n) is 11.4. The van der Waals surface area contributed by atoms with E-state index in [1.165, 1.54) is 0 Å². The van der Waals surface area contributed by atoms with E-state index in [9.17, 15) is 14.4 Å². The minimum atomic E-state index is -0.565. The Balaban J connectivity index is 1.87. The number of Topliss-reactive ketones (excluding diaryl/α,β-unsaturated/α-hetero) is 1. The summed E-state index contributed by atoms with van der Waals surface area (Å²) in [5, 5.41) is 9.06. The van der Waals surface area contributed by atoms with Gasteiger partial charge in [0.15, 0.2) is 0 Å². The first-order chi connectivity index (χ1) is 10.1. The number of imide groups is 1. The molecule has 3 aliphatic carbocycles. The molecule has 0 aromatic heterocycles. The lowest BCUT2D eigenvalue weighted by molar-refractivity contribution is -0.141. The predicted molar refractivity (Wildman–Crippen MR) is 72.3 cm³/mol. The van der Waals surface area contributed by atoms with Gasteiger partial charge in [0.2, 0.25) is 11.8 Å². The molecule has 1 aromatic rings. The fourth-order valence-electron chi connectivity index (χ4n) is 4.34. The summed E-state index contributed by atoms with van der Waals surface area (Å²) >= 11 is 0. The van der Waals surface area contributed by atoms with Crippen LogP contribution in [0.3, 0.4) is 0 Å². The minimum absolute atomic E-state index is 0.0225. The molecule has 0 unspecified atom stereocenters. The number of fused-ring (bicyclic) bond motifs is 1. The summed E-state index contributed by atoms with van der Waals surface area (Å²) in [6, 6.07) is 7.63. The van der Waals surface area contributed by atoms with Crippen LogP contribution in [0.1, 0.15) is 29.4 Å². The van der Waals surface area contributed by atoms with Crippen LogP contribution in [-0.2, 0) is 14.4 Å². The molecule has 1 aliphatic heterocycles. The lowest BCUT2D eigenvalue weighted by Gasteiger charge is -2.43. The van der Waals surface area contributed by atoms with Crippen molar-refractivity contribution in [2.75, 3.05) is 13.2 Å². The molecule has 1 saturated carbocycles. The molecule has 0 radical (unpaired) electrons. The fourth-order valence-corrected chi connectivity index (χ4v) is 4.34. The van der Waals surface area contributed by atoms with Crippen LogP contribution in [0.5, 0.6) is 0 Å². The number of ketones is 1. The summed E-state index contributed by atoms with van der Waals surface area (Å²) in [6.07, 6.45) is 0.342. The summed E-state index contributed by atoms with van der Waals surface area (Å²) in [4.78, 5) is 38.5. The molecule has 2 bridgehead atoms. The summed E-state index contributed by atoms with van der Waals surface area (Å²) in [6.45, 7) is -0.220. The molecule has 108 valence electrons. The Kier molecular flexibility index (Phi) is 2.57. The number of hydrogen-bond acceptors (Lipinski definition) is 4. The van der Waals surface area contributed by atoms with Crippen molar-refractivity contribution < 1.29 is 19.5 Å². The third kappa shape index (κ3) is 1.47. The van der Waals surface area contributed by atoms with Crippen molar-refractivity contribution in [2.24, 2.45) is 11.8 Å². The molecule has 1 saturated heterocycles. The quantitative estimate of drug-likeness (QED) is 0.800. The van der Waals surface area contributed by atoms with Crippen LogP contribution in [0.2, 0.25) is 0 Å². The number of likely N-dealkylation sites (tertiary alicyclic amines) is 1. The van der Waals surface area contributed by atoms with Gasteiger partial charge in [-0.1, -0.05) is 24.3 Å². The Hall–Kier alpha value is -2.01. The van der Waals surface area contributed by atoms with Gasteiger partial charge < -0.3 is 5.11 Å². The third-order valence-corrected chi connectivity index (χ3v) is 5.10. The molecule has 2 amide bonds. The summed E-state index contributed by atoms with van der Waals surface area (Å²) in [7, 11) is 0. The molecule has 5 heteroatoms. The maximum absolute atomic E-state index is 12.5. The van der Waals surface area contributed by atoms with E-state index in [0.29, 0.717) is 6.42 Å². The van der Waals surface area contributed by atoms with Crippen LogP contribution in [-0.4, -0.2) is 40.8 Å². The highest BCUT2D eigenvalue weighted by molar-refractivity contribution is 6.11. The van der Waals surface area contributed by atoms with Crippen molar-refractivity contribution >= 4 is 17.6 Å². The second-order valence-electron chi connectivity index (χ2n) is 5.99. The maximum atomic E-state index is 12.5. The standard InChI is InChI=1S/C16H15NO4/c18-6-5-17-15(20)13-10-7-11(19)12(14(13)16(17)21)9-4-2-1-3-8(9)10/h1-4,10,12-14,18H,5-7H2/t10-,12+,13+,14-/m0/s1. The number of nitrogens with zero attached hydrogens (tertiary/aromatic N) is 1. The fraction of sp³-hybridized carbons (Fsp3) is 0.438. The molecule has 21 heavy (non-hydrogen) atoms. The second-order valence-corrected chi connectivity index (χ2v) is 5.99. The Labute approximate surface area is 121 Å². The largest absolute Gasteiger partial charge is 0.395 e. The van der Waals surface area contributed by atoms with Crippen molar-refractivity contribution in [3.8, 4) is 0 Å². The molecule has 2 fully saturated rings. The van der Waals surface area contributed by atoms with E-state index in [2.05, 4.69) is 0 Å². The molecule has 4 atom stereocenters. The SMILES string of the molecule is O=C1C[C@H]2c3ccccc3[C@H]1[C@@H]1C(=O)N(CCO)C(=O)[C@@H]12. The monoisotopic (exact) mass is 285 g/mol. The van der Waals surface area contributed by atoms with Gasteiger partial charge in [0.25, 0.3) is 0 Å². The summed E-state index contributed by atoms with van der Waals surface area (Å²) < 4.78 is 0. The average molecular weight is 285 g/mol. The van der Waals surface area contributed by atoms with Crippen molar-refractivity contribution in [3.05, 3.63) is 35.4 Å². The van der Waals surface area contributed by atoms with Gasteiger partial charge in [0.1, 0.15) is 5.78 Å². The number of carbonyl (C=O) groups excluding carboxylic acids is 3. The van der Waals surface area contributed by atoms with Crippen LogP contribution in [0.25, 0.3) is 0 Å². The Bertz CT molecular complexity index is 668. The van der Waals surface area contributed by atoms with Crippen LogP contribution in [0.15, 0.2) is 24.3 Å². The van der Waals surface area contributed by atoms with Gasteiger partial charge in [-0.05, 0) is 11.1 Å². The summed E-state index contributed by atoms with van der Waals surface area (Å²) in [5.41, 5.74) is 1.95. The van der Waals surface area contributed by atoms with Gasteiger partial charge in [0.05, 0.1) is 30.9 Å². The van der Waals surface area contributed by atoms with E-state index in [1.807, 2.05) is 24.3 Å². The molecule has 1 N–H and O–H groups in total. The van der Waals surface area contributed by atoms with Crippen molar-refractivity contribution in [1.29, 1.82) is 0 Å². The zero-order valence-corrected chi connectivity index (χ0v) is 11.4. The number of benzene rings is 1. The number of hydrogen-bond donors (Lipinski definition) is 1. The molecule has 1 heterocycles. The molecule has 5 rings (SSSR count). The van der Waals surface area contributed by atoms with E-state index in [0.717, 1.165) is 16.0 Å². The lowest BCUT2D eigenvalue weighted by Crippen LogP contribution is -2.44. The first-order valence-corrected chi connectivity index (χ1v) is 7.22. The second kappa shape index (κ2) is 4.24. The normalized spacial score (nSPS) is 33.4. The van der Waals surface area contributed by atoms with E-state index >= 15 is 0 Å². The average Bonchev–Trinajstić information content (AvgIpc) is 2.74. The molecule has 5 nitrogen and oxygen atoms in total.